The average molecular weight is 292 g/mol. The van der Waals surface area contributed by atoms with Crippen molar-refractivity contribution in [2.45, 2.75) is 6.92 Å². The molecule has 0 amide bonds. The fraction of sp³-hybridized carbons (Fsp3) is 0.111. The van der Waals surface area contributed by atoms with E-state index < -0.39 is 0 Å². The smallest absolute Gasteiger partial charge is 0.211 e. The number of nitrogen functional groups attached to an aromatic ring is 1. The first-order valence-electron chi connectivity index (χ1n) is 6.95. The number of carbonyl (C=O) groups is 1. The van der Waals surface area contributed by atoms with Gasteiger partial charge in [0.05, 0.1) is 18.3 Å². The molecule has 0 unspecified atom stereocenters. The minimum absolute atomic E-state index is 0.121. The van der Waals surface area contributed by atoms with E-state index in [0.717, 1.165) is 10.9 Å². The molecule has 1 aromatic heterocycles. The van der Waals surface area contributed by atoms with Crippen molar-refractivity contribution in [1.82, 2.24) is 4.98 Å². The summed E-state index contributed by atoms with van der Waals surface area (Å²) in [6, 6.07) is 14.5. The quantitative estimate of drug-likeness (QED) is 0.594. The Morgan fingerprint density at radius 2 is 1.77 bits per heavy atom. The van der Waals surface area contributed by atoms with Crippen LogP contribution in [0.4, 0.5) is 5.69 Å². The van der Waals surface area contributed by atoms with E-state index in [2.05, 4.69) is 4.98 Å². The van der Waals surface area contributed by atoms with Gasteiger partial charge in [-0.05, 0) is 31.2 Å². The summed E-state index contributed by atoms with van der Waals surface area (Å²) in [5, 5.41) is 0.794. The Morgan fingerprint density at radius 1 is 1.05 bits per heavy atom. The summed E-state index contributed by atoms with van der Waals surface area (Å²) in [5.74, 6) is 0.565. The standard InChI is InChI=1S/C18H16N2O2/c1-11-3-5-12(6-4-11)18(21)15-9-7-13-16(22-2)10-8-14(19)17(13)20-15/h3-10H,19H2,1-2H3. The van der Waals surface area contributed by atoms with E-state index in [1.54, 1.807) is 37.4 Å². The highest BCUT2D eigenvalue weighted by molar-refractivity contribution is 6.09. The lowest BCUT2D eigenvalue weighted by Gasteiger charge is -2.08. The highest BCUT2D eigenvalue weighted by Gasteiger charge is 2.13. The minimum Gasteiger partial charge on any atom is -0.496 e. The van der Waals surface area contributed by atoms with Crippen LogP contribution >= 0.6 is 0 Å². The van der Waals surface area contributed by atoms with Crippen molar-refractivity contribution in [3.63, 3.8) is 0 Å². The van der Waals surface area contributed by atoms with Crippen molar-refractivity contribution in [2.24, 2.45) is 0 Å². The van der Waals surface area contributed by atoms with Crippen molar-refractivity contribution in [3.05, 3.63) is 65.4 Å². The number of nitrogens with two attached hydrogens (primary N) is 1. The van der Waals surface area contributed by atoms with E-state index >= 15 is 0 Å². The molecule has 4 nitrogen and oxygen atoms in total. The summed E-state index contributed by atoms with van der Waals surface area (Å²) < 4.78 is 5.30. The van der Waals surface area contributed by atoms with Crippen molar-refractivity contribution in [2.75, 3.05) is 12.8 Å². The van der Waals surface area contributed by atoms with Gasteiger partial charge in [-0.1, -0.05) is 29.8 Å². The van der Waals surface area contributed by atoms with Crippen LogP contribution in [-0.2, 0) is 0 Å². The monoisotopic (exact) mass is 292 g/mol. The molecule has 0 saturated heterocycles. The van der Waals surface area contributed by atoms with Crippen molar-refractivity contribution in [3.8, 4) is 5.75 Å². The molecule has 0 bridgehead atoms. The van der Waals surface area contributed by atoms with Gasteiger partial charge in [-0.25, -0.2) is 4.98 Å². The van der Waals surface area contributed by atoms with Gasteiger partial charge in [0, 0.05) is 10.9 Å². The molecule has 0 aliphatic heterocycles. The molecule has 0 fully saturated rings. The molecule has 22 heavy (non-hydrogen) atoms. The Kier molecular flexibility index (Phi) is 3.51. The topological polar surface area (TPSA) is 65.2 Å². The largest absolute Gasteiger partial charge is 0.496 e. The maximum Gasteiger partial charge on any atom is 0.211 e. The molecule has 2 N–H and O–H groups in total. The molecule has 2 aromatic carbocycles. The number of ether oxygens (including phenoxy) is 1. The second kappa shape index (κ2) is 5.48. The molecule has 110 valence electrons. The Labute approximate surface area is 128 Å². The van der Waals surface area contributed by atoms with Crippen molar-refractivity contribution < 1.29 is 9.53 Å². The number of hydrogen-bond acceptors (Lipinski definition) is 4. The first-order valence-corrected chi connectivity index (χ1v) is 6.95. The summed E-state index contributed by atoms with van der Waals surface area (Å²) in [5.41, 5.74) is 9.17. The van der Waals surface area contributed by atoms with Gasteiger partial charge in [-0.15, -0.1) is 0 Å². The van der Waals surface area contributed by atoms with Crippen LogP contribution in [0, 0.1) is 6.92 Å². The number of aryl methyl sites for hydroxylation is 1. The van der Waals surface area contributed by atoms with Crippen LogP contribution in [0.2, 0.25) is 0 Å². The molecule has 0 spiro atoms. The van der Waals surface area contributed by atoms with Gasteiger partial charge in [0.2, 0.25) is 5.78 Å². The van der Waals surface area contributed by atoms with Crippen LogP contribution in [0.1, 0.15) is 21.6 Å². The van der Waals surface area contributed by atoms with Gasteiger partial charge in [-0.2, -0.15) is 0 Å². The molecule has 1 heterocycles. The molecular formula is C18H16N2O2. The van der Waals surface area contributed by atoms with Crippen LogP contribution in [0.25, 0.3) is 10.9 Å². The van der Waals surface area contributed by atoms with Crippen molar-refractivity contribution >= 4 is 22.4 Å². The summed E-state index contributed by atoms with van der Waals surface area (Å²) in [6.07, 6.45) is 0. The second-order valence-corrected chi connectivity index (χ2v) is 5.14. The number of pyridine rings is 1. The van der Waals surface area contributed by atoms with Crippen LogP contribution in [-0.4, -0.2) is 17.9 Å². The van der Waals surface area contributed by atoms with Crippen molar-refractivity contribution in [1.29, 1.82) is 0 Å². The zero-order valence-corrected chi connectivity index (χ0v) is 12.5. The van der Waals surface area contributed by atoms with E-state index in [1.165, 1.54) is 0 Å². The number of fused-ring (bicyclic) bond motifs is 1. The first-order chi connectivity index (χ1) is 10.6. The lowest BCUT2D eigenvalue weighted by Crippen LogP contribution is -2.05. The number of methoxy groups -OCH3 is 1. The van der Waals surface area contributed by atoms with E-state index in [-0.39, 0.29) is 5.78 Å². The number of aromatic nitrogens is 1. The normalized spacial score (nSPS) is 10.6. The first kappa shape index (κ1) is 14.1. The lowest BCUT2D eigenvalue weighted by atomic mass is 10.0. The van der Waals surface area contributed by atoms with Gasteiger partial charge < -0.3 is 10.5 Å². The van der Waals surface area contributed by atoms with E-state index in [4.69, 9.17) is 10.5 Å². The Hall–Kier alpha value is -2.88. The van der Waals surface area contributed by atoms with Crippen LogP contribution < -0.4 is 10.5 Å². The molecule has 3 aromatic rings. The third kappa shape index (κ3) is 2.39. The molecule has 0 saturated carbocycles. The maximum atomic E-state index is 12.5. The fourth-order valence-electron chi connectivity index (χ4n) is 2.37. The Bertz CT molecular complexity index is 855. The van der Waals surface area contributed by atoms with Gasteiger partial charge in [-0.3, -0.25) is 4.79 Å². The van der Waals surface area contributed by atoms with Crippen LogP contribution in [0.15, 0.2) is 48.5 Å². The molecule has 0 aliphatic rings. The molecule has 4 heteroatoms. The number of anilines is 1. The van der Waals surface area contributed by atoms with E-state index in [9.17, 15) is 4.79 Å². The molecule has 0 radical (unpaired) electrons. The fourth-order valence-corrected chi connectivity index (χ4v) is 2.37. The SMILES string of the molecule is COc1ccc(N)c2nc(C(=O)c3ccc(C)cc3)ccc12. The predicted molar refractivity (Wildman–Crippen MR) is 87.3 cm³/mol. The van der Waals surface area contributed by atoms with Crippen LogP contribution in [0.3, 0.4) is 0 Å². The summed E-state index contributed by atoms with van der Waals surface area (Å²) >= 11 is 0. The highest BCUT2D eigenvalue weighted by Crippen LogP contribution is 2.29. The Morgan fingerprint density at radius 3 is 2.45 bits per heavy atom. The maximum absolute atomic E-state index is 12.5. The molecular weight excluding hydrogens is 276 g/mol. The van der Waals surface area contributed by atoms with Gasteiger partial charge in [0.25, 0.3) is 0 Å². The van der Waals surface area contributed by atoms with E-state index in [1.807, 2.05) is 25.1 Å². The highest BCUT2D eigenvalue weighted by atomic mass is 16.5. The van der Waals surface area contributed by atoms with Gasteiger partial charge in [0.1, 0.15) is 11.4 Å². The Balaban J connectivity index is 2.10. The van der Waals surface area contributed by atoms with Gasteiger partial charge >= 0.3 is 0 Å². The number of ketones is 1. The lowest BCUT2D eigenvalue weighted by molar-refractivity contribution is 0.103. The molecule has 0 aliphatic carbocycles. The number of nitrogens with zero attached hydrogens (tertiary/aromatic N) is 1. The number of carbonyl (C=O) groups excluding carboxylic acids is 1. The summed E-state index contributed by atoms with van der Waals surface area (Å²) in [4.78, 5) is 17.0. The molecule has 0 atom stereocenters. The summed E-state index contributed by atoms with van der Waals surface area (Å²) in [7, 11) is 1.59. The third-order valence-electron chi connectivity index (χ3n) is 3.61. The zero-order valence-electron chi connectivity index (χ0n) is 12.5. The predicted octanol–water partition coefficient (Wildman–Crippen LogP) is 3.37. The number of benzene rings is 2. The minimum atomic E-state index is -0.121. The third-order valence-corrected chi connectivity index (χ3v) is 3.61. The zero-order chi connectivity index (χ0) is 15.7. The van der Waals surface area contributed by atoms with Crippen LogP contribution in [0.5, 0.6) is 5.75 Å². The summed E-state index contributed by atoms with van der Waals surface area (Å²) in [6.45, 7) is 1.98. The average Bonchev–Trinajstić information content (AvgIpc) is 2.55. The van der Waals surface area contributed by atoms with E-state index in [0.29, 0.717) is 28.2 Å². The van der Waals surface area contributed by atoms with Gasteiger partial charge in [0.15, 0.2) is 0 Å². The number of hydrogen-bond donors (Lipinski definition) is 1. The second-order valence-electron chi connectivity index (χ2n) is 5.14. The number of rotatable bonds is 3. The molecule has 3 rings (SSSR count).